The van der Waals surface area contributed by atoms with Crippen LogP contribution in [0, 0.1) is 0 Å². The summed E-state index contributed by atoms with van der Waals surface area (Å²) in [5, 5.41) is 6.78. The van der Waals surface area contributed by atoms with Crippen LogP contribution >= 0.6 is 0 Å². The van der Waals surface area contributed by atoms with Crippen molar-refractivity contribution in [1.29, 1.82) is 0 Å². The number of nitrogens with one attached hydrogen (secondary N) is 2. The number of rotatable bonds is 7. The van der Waals surface area contributed by atoms with Gasteiger partial charge in [0, 0.05) is 64.0 Å². The van der Waals surface area contributed by atoms with Crippen LogP contribution in [-0.2, 0) is 6.54 Å². The molecular formula is C19H33N5O2. The highest BCUT2D eigenvalue weighted by Crippen LogP contribution is 2.24. The summed E-state index contributed by atoms with van der Waals surface area (Å²) in [6.07, 6.45) is 0. The average molecular weight is 364 g/mol. The molecule has 2 N–H and O–H groups in total. The quantitative estimate of drug-likeness (QED) is 0.557. The van der Waals surface area contributed by atoms with E-state index in [-0.39, 0.29) is 0 Å². The Labute approximate surface area is 157 Å². The minimum absolute atomic E-state index is 0.470. The first-order valence-corrected chi connectivity index (χ1v) is 9.15. The first-order chi connectivity index (χ1) is 12.6. The van der Waals surface area contributed by atoms with Crippen molar-refractivity contribution in [2.24, 2.45) is 4.99 Å². The predicted octanol–water partition coefficient (Wildman–Crippen LogP) is 1.00. The van der Waals surface area contributed by atoms with Crippen LogP contribution in [0.5, 0.6) is 11.5 Å². The number of likely N-dealkylation sites (N-methyl/N-ethyl adjacent to an activating group) is 1. The maximum atomic E-state index is 5.45. The van der Waals surface area contributed by atoms with Crippen LogP contribution in [0.15, 0.2) is 23.2 Å². The van der Waals surface area contributed by atoms with Crippen molar-refractivity contribution in [2.45, 2.75) is 19.5 Å². The van der Waals surface area contributed by atoms with Gasteiger partial charge in [-0.1, -0.05) is 0 Å². The molecule has 1 atom stereocenters. The van der Waals surface area contributed by atoms with Crippen molar-refractivity contribution >= 4 is 5.96 Å². The number of nitrogens with zero attached hydrogens (tertiary/aromatic N) is 3. The van der Waals surface area contributed by atoms with Crippen molar-refractivity contribution in [2.75, 3.05) is 61.0 Å². The van der Waals surface area contributed by atoms with E-state index in [0.717, 1.165) is 55.7 Å². The number of guanidine groups is 1. The molecule has 1 unspecified atom stereocenters. The summed E-state index contributed by atoms with van der Waals surface area (Å²) in [6.45, 7) is 8.27. The molecule has 1 aliphatic rings. The molecule has 0 aliphatic carbocycles. The minimum atomic E-state index is 0.470. The molecule has 1 aliphatic heterocycles. The molecule has 1 aromatic carbocycles. The van der Waals surface area contributed by atoms with Gasteiger partial charge in [0.15, 0.2) is 5.96 Å². The molecule has 1 heterocycles. The van der Waals surface area contributed by atoms with Crippen molar-refractivity contribution in [3.05, 3.63) is 23.8 Å². The van der Waals surface area contributed by atoms with Crippen LogP contribution in [0.2, 0.25) is 0 Å². The normalized spacial score (nSPS) is 17.7. The van der Waals surface area contributed by atoms with E-state index in [4.69, 9.17) is 9.47 Å². The number of hydrogen-bond donors (Lipinski definition) is 2. The van der Waals surface area contributed by atoms with Crippen LogP contribution < -0.4 is 20.1 Å². The first kappa shape index (κ1) is 20.3. The monoisotopic (exact) mass is 363 g/mol. The van der Waals surface area contributed by atoms with E-state index in [1.807, 2.05) is 18.2 Å². The molecule has 7 heteroatoms. The van der Waals surface area contributed by atoms with Crippen molar-refractivity contribution < 1.29 is 9.47 Å². The van der Waals surface area contributed by atoms with Gasteiger partial charge in [0.2, 0.25) is 0 Å². The molecule has 26 heavy (non-hydrogen) atoms. The van der Waals surface area contributed by atoms with E-state index >= 15 is 0 Å². The van der Waals surface area contributed by atoms with E-state index in [2.05, 4.69) is 39.4 Å². The number of aliphatic imine (C=N–C) groups is 1. The molecule has 0 radical (unpaired) electrons. The number of ether oxygens (including phenoxy) is 2. The Morgan fingerprint density at radius 1 is 1.15 bits per heavy atom. The molecule has 0 bridgehead atoms. The standard InChI is InChI=1S/C19H33N5O2/c1-15(24-10-8-23(3)9-11-24)13-21-19(20-2)22-14-16-6-7-17(25-4)12-18(16)26-5/h6-7,12,15H,8-11,13-14H2,1-5H3,(H2,20,21,22). The maximum absolute atomic E-state index is 5.45. The molecule has 0 spiro atoms. The molecule has 0 aromatic heterocycles. The lowest BCUT2D eigenvalue weighted by molar-refractivity contribution is 0.120. The Kier molecular flexibility index (Phi) is 8.00. The third kappa shape index (κ3) is 5.78. The fourth-order valence-electron chi connectivity index (χ4n) is 3.03. The second-order valence-corrected chi connectivity index (χ2v) is 6.67. The van der Waals surface area contributed by atoms with E-state index in [1.54, 1.807) is 21.3 Å². The second-order valence-electron chi connectivity index (χ2n) is 6.67. The zero-order valence-electron chi connectivity index (χ0n) is 16.7. The molecule has 1 aromatic rings. The van der Waals surface area contributed by atoms with Crippen molar-refractivity contribution in [3.63, 3.8) is 0 Å². The fraction of sp³-hybridized carbons (Fsp3) is 0.632. The molecule has 1 saturated heterocycles. The first-order valence-electron chi connectivity index (χ1n) is 9.15. The number of hydrogen-bond acceptors (Lipinski definition) is 5. The smallest absolute Gasteiger partial charge is 0.191 e. The van der Waals surface area contributed by atoms with Crippen molar-refractivity contribution in [1.82, 2.24) is 20.4 Å². The molecule has 0 saturated carbocycles. The largest absolute Gasteiger partial charge is 0.497 e. The van der Waals surface area contributed by atoms with Gasteiger partial charge in [-0.3, -0.25) is 9.89 Å². The van der Waals surface area contributed by atoms with Crippen LogP contribution in [0.25, 0.3) is 0 Å². The highest BCUT2D eigenvalue weighted by atomic mass is 16.5. The second kappa shape index (κ2) is 10.2. The number of piperazine rings is 1. The third-order valence-corrected chi connectivity index (χ3v) is 4.89. The lowest BCUT2D eigenvalue weighted by Gasteiger charge is -2.36. The summed E-state index contributed by atoms with van der Waals surface area (Å²) in [7, 11) is 7.30. The predicted molar refractivity (Wildman–Crippen MR) is 106 cm³/mol. The summed E-state index contributed by atoms with van der Waals surface area (Å²) in [6, 6.07) is 6.30. The Morgan fingerprint density at radius 2 is 1.88 bits per heavy atom. The molecule has 2 rings (SSSR count). The van der Waals surface area contributed by atoms with Gasteiger partial charge in [-0.2, -0.15) is 0 Å². The topological polar surface area (TPSA) is 61.4 Å². The molecule has 0 amide bonds. The van der Waals surface area contributed by atoms with Crippen LogP contribution in [0.1, 0.15) is 12.5 Å². The lowest BCUT2D eigenvalue weighted by Crippen LogP contribution is -2.52. The van der Waals surface area contributed by atoms with E-state index in [0.29, 0.717) is 12.6 Å². The highest BCUT2D eigenvalue weighted by Gasteiger charge is 2.19. The SMILES string of the molecule is CN=C(NCc1ccc(OC)cc1OC)NCC(C)N1CCN(C)CC1. The Hall–Kier alpha value is -1.99. The third-order valence-electron chi connectivity index (χ3n) is 4.89. The summed E-state index contributed by atoms with van der Waals surface area (Å²) < 4.78 is 10.7. The van der Waals surface area contributed by atoms with Crippen LogP contribution in [0.4, 0.5) is 0 Å². The van der Waals surface area contributed by atoms with E-state index in [9.17, 15) is 0 Å². The maximum Gasteiger partial charge on any atom is 0.191 e. The van der Waals surface area contributed by atoms with Gasteiger partial charge in [0.05, 0.1) is 14.2 Å². The summed E-state index contributed by atoms with van der Waals surface area (Å²) in [4.78, 5) is 9.22. The Bertz CT molecular complexity index is 585. The number of benzene rings is 1. The summed E-state index contributed by atoms with van der Waals surface area (Å²) >= 11 is 0. The fourth-order valence-corrected chi connectivity index (χ4v) is 3.03. The van der Waals surface area contributed by atoms with Gasteiger partial charge in [0.1, 0.15) is 11.5 Å². The minimum Gasteiger partial charge on any atom is -0.497 e. The molecule has 7 nitrogen and oxygen atoms in total. The van der Waals surface area contributed by atoms with Gasteiger partial charge >= 0.3 is 0 Å². The summed E-state index contributed by atoms with van der Waals surface area (Å²) in [5.41, 5.74) is 1.06. The van der Waals surface area contributed by atoms with E-state index in [1.165, 1.54) is 0 Å². The lowest BCUT2D eigenvalue weighted by atomic mass is 10.2. The Morgan fingerprint density at radius 3 is 2.50 bits per heavy atom. The van der Waals surface area contributed by atoms with Crippen LogP contribution in [0.3, 0.4) is 0 Å². The van der Waals surface area contributed by atoms with Gasteiger partial charge in [0.25, 0.3) is 0 Å². The molecule has 146 valence electrons. The van der Waals surface area contributed by atoms with Gasteiger partial charge in [-0.25, -0.2) is 0 Å². The van der Waals surface area contributed by atoms with Crippen molar-refractivity contribution in [3.8, 4) is 11.5 Å². The van der Waals surface area contributed by atoms with Gasteiger partial charge in [-0.15, -0.1) is 0 Å². The van der Waals surface area contributed by atoms with Gasteiger partial charge in [-0.05, 0) is 26.1 Å². The van der Waals surface area contributed by atoms with Gasteiger partial charge < -0.3 is 25.0 Å². The molecule has 1 fully saturated rings. The molecular weight excluding hydrogens is 330 g/mol. The Balaban J connectivity index is 1.82. The van der Waals surface area contributed by atoms with Crippen LogP contribution in [-0.4, -0.2) is 82.8 Å². The highest BCUT2D eigenvalue weighted by molar-refractivity contribution is 5.79. The zero-order valence-corrected chi connectivity index (χ0v) is 16.7. The zero-order chi connectivity index (χ0) is 18.9. The van der Waals surface area contributed by atoms with E-state index < -0.39 is 0 Å². The number of methoxy groups -OCH3 is 2. The average Bonchev–Trinajstić information content (AvgIpc) is 2.68. The summed E-state index contributed by atoms with van der Waals surface area (Å²) in [5.74, 6) is 2.39.